The van der Waals surface area contributed by atoms with Gasteiger partial charge in [-0.25, -0.2) is 9.59 Å². The van der Waals surface area contributed by atoms with Crippen molar-refractivity contribution in [1.82, 2.24) is 0 Å². The van der Waals surface area contributed by atoms with Gasteiger partial charge in [-0.2, -0.15) is 0 Å². The zero-order valence-corrected chi connectivity index (χ0v) is 17.8. The summed E-state index contributed by atoms with van der Waals surface area (Å²) in [7, 11) is 0. The molecule has 3 aromatic rings. The number of aromatic carboxylic acids is 2. The normalized spacial score (nSPS) is 21.6. The van der Waals surface area contributed by atoms with Crippen molar-refractivity contribution in [3.8, 4) is 0 Å². The largest absolute Gasteiger partial charge is 0.478 e. The van der Waals surface area contributed by atoms with E-state index in [0.29, 0.717) is 5.56 Å². The van der Waals surface area contributed by atoms with Crippen LogP contribution in [0.1, 0.15) is 61.0 Å². The summed E-state index contributed by atoms with van der Waals surface area (Å²) in [6.07, 6.45) is 0. The molecule has 0 spiro atoms. The van der Waals surface area contributed by atoms with Crippen LogP contribution in [0.15, 0.2) is 78.9 Å². The van der Waals surface area contributed by atoms with E-state index < -0.39 is 23.8 Å². The lowest BCUT2D eigenvalue weighted by molar-refractivity contribution is -0.127. The summed E-state index contributed by atoms with van der Waals surface area (Å²) >= 11 is 0. The third kappa shape index (κ3) is 4.07. The zero-order valence-electron chi connectivity index (χ0n) is 17.8. The third-order valence-electron chi connectivity index (χ3n) is 6.46. The molecule has 0 aliphatic heterocycles. The van der Waals surface area contributed by atoms with Crippen LogP contribution < -0.4 is 0 Å². The van der Waals surface area contributed by atoms with E-state index in [1.165, 1.54) is 43.3 Å². The number of ketones is 2. The van der Waals surface area contributed by atoms with Gasteiger partial charge in [-0.05, 0) is 42.3 Å². The number of hydrogen-bond donors (Lipinski definition) is 2. The maximum atomic E-state index is 13.5. The Morgan fingerprint density at radius 1 is 0.576 bits per heavy atom. The summed E-state index contributed by atoms with van der Waals surface area (Å²) in [5.74, 6) is -4.17. The molecule has 2 N–H and O–H groups in total. The smallest absolute Gasteiger partial charge is 0.335 e. The fourth-order valence-electron chi connectivity index (χ4n) is 4.90. The quantitative estimate of drug-likeness (QED) is 0.515. The van der Waals surface area contributed by atoms with Gasteiger partial charge in [0.1, 0.15) is 5.78 Å². The minimum absolute atomic E-state index is 0.0827. The molecule has 0 saturated heterocycles. The van der Waals surface area contributed by atoms with Crippen LogP contribution in [0.4, 0.5) is 0 Å². The maximum Gasteiger partial charge on any atom is 0.335 e. The number of carboxylic acid groups (broad SMARTS) is 2. The first kappa shape index (κ1) is 22.1. The van der Waals surface area contributed by atoms with Gasteiger partial charge in [0.2, 0.25) is 0 Å². The molecule has 1 aliphatic rings. The minimum atomic E-state index is -1.08. The van der Waals surface area contributed by atoms with Crippen molar-refractivity contribution >= 4 is 23.5 Å². The van der Waals surface area contributed by atoms with E-state index in [1.54, 1.807) is 12.1 Å². The highest BCUT2D eigenvalue weighted by molar-refractivity contribution is 6.03. The van der Waals surface area contributed by atoms with Gasteiger partial charge in [-0.3, -0.25) is 9.59 Å². The first-order chi connectivity index (χ1) is 15.8. The van der Waals surface area contributed by atoms with Gasteiger partial charge in [0.15, 0.2) is 5.78 Å². The van der Waals surface area contributed by atoms with Crippen molar-refractivity contribution in [1.29, 1.82) is 0 Å². The van der Waals surface area contributed by atoms with E-state index >= 15 is 0 Å². The van der Waals surface area contributed by atoms with Crippen LogP contribution >= 0.6 is 0 Å². The molecule has 3 aromatic carbocycles. The number of rotatable bonds is 7. The Kier molecular flexibility index (Phi) is 5.92. The Hall–Kier alpha value is -4.06. The van der Waals surface area contributed by atoms with Gasteiger partial charge in [-0.1, -0.05) is 54.6 Å². The Balaban J connectivity index is 1.76. The standard InChI is InChI=1S/C27H22O6/c1-15(28)21-22(17-7-11-19(12-8-17)26(30)31)23(16-5-3-2-4-6-16)24(21)25(29)18-9-13-20(14-10-18)27(32)33/h2-14,21-24H,1H3,(H,30,31)(H,32,33)/t21?,22-,23-,24?/m0/s1. The van der Waals surface area contributed by atoms with Crippen LogP contribution in [-0.2, 0) is 4.79 Å². The number of carboxylic acids is 2. The van der Waals surface area contributed by atoms with Crippen molar-refractivity contribution in [3.63, 3.8) is 0 Å². The molecule has 1 aliphatic carbocycles. The Bertz CT molecular complexity index is 1210. The summed E-state index contributed by atoms with van der Waals surface area (Å²) in [5, 5.41) is 18.3. The molecule has 0 radical (unpaired) electrons. The van der Waals surface area contributed by atoms with Crippen LogP contribution in [0.25, 0.3) is 0 Å². The number of carbonyl (C=O) groups excluding carboxylic acids is 2. The Morgan fingerprint density at radius 3 is 1.48 bits per heavy atom. The van der Waals surface area contributed by atoms with Crippen LogP contribution in [0.5, 0.6) is 0 Å². The molecule has 0 amide bonds. The molecule has 0 aromatic heterocycles. The lowest BCUT2D eigenvalue weighted by atomic mass is 9.50. The molecular formula is C27H22O6. The molecule has 4 rings (SSSR count). The first-order valence-electron chi connectivity index (χ1n) is 10.6. The van der Waals surface area contributed by atoms with Gasteiger partial charge in [0, 0.05) is 29.2 Å². The summed E-state index contributed by atoms with van der Waals surface area (Å²) in [6, 6.07) is 21.7. The van der Waals surface area contributed by atoms with Crippen LogP contribution in [0.2, 0.25) is 0 Å². The SMILES string of the molecule is CC(=O)C1C(C(=O)c2ccc(C(=O)O)cc2)[C@@H](c2ccccc2)[C@H]1c1ccc(C(=O)O)cc1. The summed E-state index contributed by atoms with van der Waals surface area (Å²) in [6.45, 7) is 1.47. The highest BCUT2D eigenvalue weighted by Gasteiger charge is 2.56. The molecule has 1 fully saturated rings. The highest BCUT2D eigenvalue weighted by Crippen LogP contribution is 2.59. The predicted molar refractivity (Wildman–Crippen MR) is 121 cm³/mol. The predicted octanol–water partition coefficient (Wildman–Crippen LogP) is 4.67. The van der Waals surface area contributed by atoms with E-state index in [-0.39, 0.29) is 34.5 Å². The maximum absolute atomic E-state index is 13.5. The lowest BCUT2D eigenvalue weighted by Crippen LogP contribution is -2.50. The molecular weight excluding hydrogens is 420 g/mol. The van der Waals surface area contributed by atoms with Gasteiger partial charge < -0.3 is 10.2 Å². The minimum Gasteiger partial charge on any atom is -0.478 e. The van der Waals surface area contributed by atoms with Crippen molar-refractivity contribution in [3.05, 3.63) is 107 Å². The third-order valence-corrected chi connectivity index (χ3v) is 6.46. The van der Waals surface area contributed by atoms with E-state index in [0.717, 1.165) is 11.1 Å². The second kappa shape index (κ2) is 8.82. The second-order valence-corrected chi connectivity index (χ2v) is 8.30. The molecule has 166 valence electrons. The van der Waals surface area contributed by atoms with Gasteiger partial charge >= 0.3 is 11.9 Å². The van der Waals surface area contributed by atoms with E-state index in [2.05, 4.69) is 0 Å². The molecule has 33 heavy (non-hydrogen) atoms. The van der Waals surface area contributed by atoms with Gasteiger partial charge in [0.05, 0.1) is 11.1 Å². The Labute approximate surface area is 190 Å². The van der Waals surface area contributed by atoms with Gasteiger partial charge in [0.25, 0.3) is 0 Å². The Morgan fingerprint density at radius 2 is 1.00 bits per heavy atom. The number of benzene rings is 3. The fraction of sp³-hybridized carbons (Fsp3) is 0.185. The number of Topliss-reactive ketones (excluding diaryl/α,β-unsaturated/α-hetero) is 2. The molecule has 0 heterocycles. The summed E-state index contributed by atoms with van der Waals surface area (Å²) < 4.78 is 0. The van der Waals surface area contributed by atoms with Crippen LogP contribution in [-0.4, -0.2) is 33.7 Å². The molecule has 6 heteroatoms. The summed E-state index contributed by atoms with van der Waals surface area (Å²) in [5.41, 5.74) is 2.32. The monoisotopic (exact) mass is 442 g/mol. The number of carbonyl (C=O) groups is 4. The first-order valence-corrected chi connectivity index (χ1v) is 10.6. The molecule has 1 saturated carbocycles. The van der Waals surface area contributed by atoms with Crippen molar-refractivity contribution < 1.29 is 29.4 Å². The highest BCUT2D eigenvalue weighted by atomic mass is 16.4. The molecule has 6 nitrogen and oxygen atoms in total. The van der Waals surface area contributed by atoms with Crippen molar-refractivity contribution in [2.45, 2.75) is 18.8 Å². The second-order valence-electron chi connectivity index (χ2n) is 8.30. The van der Waals surface area contributed by atoms with Crippen LogP contribution in [0.3, 0.4) is 0 Å². The van der Waals surface area contributed by atoms with Crippen molar-refractivity contribution in [2.24, 2.45) is 11.8 Å². The number of hydrogen-bond acceptors (Lipinski definition) is 4. The lowest BCUT2D eigenvalue weighted by Gasteiger charge is -2.51. The molecule has 0 bridgehead atoms. The van der Waals surface area contributed by atoms with Crippen LogP contribution in [0, 0.1) is 11.8 Å². The van der Waals surface area contributed by atoms with E-state index in [4.69, 9.17) is 5.11 Å². The average Bonchev–Trinajstić information content (AvgIpc) is 2.79. The summed E-state index contributed by atoms with van der Waals surface area (Å²) in [4.78, 5) is 48.7. The van der Waals surface area contributed by atoms with Crippen molar-refractivity contribution in [2.75, 3.05) is 0 Å². The van der Waals surface area contributed by atoms with E-state index in [9.17, 15) is 24.3 Å². The molecule has 2 unspecified atom stereocenters. The zero-order chi connectivity index (χ0) is 23.7. The topological polar surface area (TPSA) is 109 Å². The molecule has 4 atom stereocenters. The van der Waals surface area contributed by atoms with Gasteiger partial charge in [-0.15, -0.1) is 0 Å². The fourth-order valence-corrected chi connectivity index (χ4v) is 4.90. The van der Waals surface area contributed by atoms with E-state index in [1.807, 2.05) is 30.3 Å². The average molecular weight is 442 g/mol.